The SMILES string of the molecule is CCCCCCCCCCCCOc1ccc(C(=O)Oc2ccc(C=Nc3ccc(C(C)C)cc3)cc2)cc1. The molecule has 0 saturated carbocycles. The number of hydrogen-bond donors (Lipinski definition) is 0. The molecule has 0 spiro atoms. The number of ether oxygens (including phenoxy) is 2. The van der Waals surface area contributed by atoms with Gasteiger partial charge in [-0.1, -0.05) is 90.7 Å². The molecule has 0 bridgehead atoms. The summed E-state index contributed by atoms with van der Waals surface area (Å²) >= 11 is 0. The maximum Gasteiger partial charge on any atom is 0.343 e. The molecule has 3 rings (SSSR count). The number of carbonyl (C=O) groups excluding carboxylic acids is 1. The van der Waals surface area contributed by atoms with Gasteiger partial charge in [0.15, 0.2) is 0 Å². The van der Waals surface area contributed by atoms with Gasteiger partial charge < -0.3 is 9.47 Å². The molecule has 0 heterocycles. The minimum atomic E-state index is -0.386. The van der Waals surface area contributed by atoms with E-state index in [2.05, 4.69) is 37.9 Å². The van der Waals surface area contributed by atoms with E-state index in [1.54, 1.807) is 24.3 Å². The lowest BCUT2D eigenvalue weighted by molar-refractivity contribution is 0.0734. The third-order valence-electron chi connectivity index (χ3n) is 6.87. The van der Waals surface area contributed by atoms with Crippen molar-refractivity contribution in [1.29, 1.82) is 0 Å². The summed E-state index contributed by atoms with van der Waals surface area (Å²) < 4.78 is 11.4. The second-order valence-corrected chi connectivity index (χ2v) is 10.5. The van der Waals surface area contributed by atoms with Crippen molar-refractivity contribution < 1.29 is 14.3 Å². The lowest BCUT2D eigenvalue weighted by atomic mass is 10.0. The van der Waals surface area contributed by atoms with Crippen molar-refractivity contribution in [1.82, 2.24) is 0 Å². The molecule has 0 unspecified atom stereocenters. The van der Waals surface area contributed by atoms with Crippen LogP contribution in [0.2, 0.25) is 0 Å². The highest BCUT2D eigenvalue weighted by atomic mass is 16.5. The van der Waals surface area contributed by atoms with Gasteiger partial charge in [-0.2, -0.15) is 0 Å². The lowest BCUT2D eigenvalue weighted by Crippen LogP contribution is -2.08. The molecule has 0 aromatic heterocycles. The van der Waals surface area contributed by atoms with Crippen molar-refractivity contribution in [2.24, 2.45) is 4.99 Å². The van der Waals surface area contributed by atoms with Crippen LogP contribution in [0.5, 0.6) is 11.5 Å². The first-order valence-electron chi connectivity index (χ1n) is 14.7. The van der Waals surface area contributed by atoms with Crippen LogP contribution >= 0.6 is 0 Å². The normalized spacial score (nSPS) is 11.3. The molecule has 0 radical (unpaired) electrons. The molecule has 0 atom stereocenters. The molecular weight excluding hydrogens is 482 g/mol. The fourth-order valence-electron chi connectivity index (χ4n) is 4.35. The van der Waals surface area contributed by atoms with Crippen LogP contribution in [0.3, 0.4) is 0 Å². The van der Waals surface area contributed by atoms with E-state index < -0.39 is 0 Å². The molecule has 39 heavy (non-hydrogen) atoms. The third kappa shape index (κ3) is 11.5. The Kier molecular flexibility index (Phi) is 13.3. The van der Waals surface area contributed by atoms with Crippen LogP contribution in [0, 0.1) is 0 Å². The van der Waals surface area contributed by atoms with Crippen LogP contribution in [-0.4, -0.2) is 18.8 Å². The smallest absolute Gasteiger partial charge is 0.343 e. The zero-order chi connectivity index (χ0) is 27.7. The van der Waals surface area contributed by atoms with Gasteiger partial charge in [-0.3, -0.25) is 4.99 Å². The number of hydrogen-bond acceptors (Lipinski definition) is 4. The van der Waals surface area contributed by atoms with E-state index in [9.17, 15) is 4.79 Å². The first-order valence-corrected chi connectivity index (χ1v) is 14.7. The topological polar surface area (TPSA) is 47.9 Å². The van der Waals surface area contributed by atoms with E-state index in [0.29, 0.717) is 23.8 Å². The molecule has 4 nitrogen and oxygen atoms in total. The Morgan fingerprint density at radius 3 is 1.87 bits per heavy atom. The van der Waals surface area contributed by atoms with E-state index in [1.807, 2.05) is 42.6 Å². The van der Waals surface area contributed by atoms with Gasteiger partial charge in [0.2, 0.25) is 0 Å². The molecule has 0 saturated heterocycles. The van der Waals surface area contributed by atoms with Crippen LogP contribution in [0.25, 0.3) is 0 Å². The zero-order valence-electron chi connectivity index (χ0n) is 24.0. The summed E-state index contributed by atoms with van der Waals surface area (Å²) in [6, 6.07) is 22.8. The van der Waals surface area contributed by atoms with Crippen molar-refractivity contribution in [3.05, 3.63) is 89.5 Å². The van der Waals surface area contributed by atoms with E-state index >= 15 is 0 Å². The number of rotatable bonds is 17. The molecule has 0 fully saturated rings. The molecule has 0 aliphatic heterocycles. The Bertz CT molecular complexity index is 1120. The molecule has 3 aromatic carbocycles. The van der Waals surface area contributed by atoms with Gasteiger partial charge in [0, 0.05) is 6.21 Å². The van der Waals surface area contributed by atoms with Gasteiger partial charge in [-0.15, -0.1) is 0 Å². The number of unbranched alkanes of at least 4 members (excludes halogenated alkanes) is 9. The van der Waals surface area contributed by atoms with Gasteiger partial charge in [0.1, 0.15) is 11.5 Å². The van der Waals surface area contributed by atoms with E-state index in [0.717, 1.165) is 23.4 Å². The summed E-state index contributed by atoms with van der Waals surface area (Å²) in [6.45, 7) is 7.32. The second-order valence-electron chi connectivity index (χ2n) is 10.5. The van der Waals surface area contributed by atoms with Crippen LogP contribution in [0.15, 0.2) is 77.8 Å². The Morgan fingerprint density at radius 2 is 1.28 bits per heavy atom. The monoisotopic (exact) mass is 527 g/mol. The van der Waals surface area contributed by atoms with Crippen molar-refractivity contribution >= 4 is 17.9 Å². The highest BCUT2D eigenvalue weighted by Crippen LogP contribution is 2.20. The fourth-order valence-corrected chi connectivity index (χ4v) is 4.35. The van der Waals surface area contributed by atoms with Gasteiger partial charge >= 0.3 is 5.97 Å². The van der Waals surface area contributed by atoms with E-state index in [1.165, 1.54) is 63.4 Å². The van der Waals surface area contributed by atoms with E-state index in [-0.39, 0.29) is 5.97 Å². The fraction of sp³-hybridized carbons (Fsp3) is 0.429. The number of carbonyl (C=O) groups is 1. The summed E-state index contributed by atoms with van der Waals surface area (Å²) in [6.07, 6.45) is 14.9. The zero-order valence-corrected chi connectivity index (χ0v) is 24.0. The molecule has 208 valence electrons. The standard InChI is InChI=1S/C35H45NO3/c1-4-5-6-7-8-9-10-11-12-13-26-38-33-24-18-31(19-25-33)35(37)39-34-22-14-29(15-23-34)27-36-32-20-16-30(17-21-32)28(2)3/h14-25,27-28H,4-13,26H2,1-3H3. The van der Waals surface area contributed by atoms with Gasteiger partial charge in [0.05, 0.1) is 17.9 Å². The highest BCUT2D eigenvalue weighted by molar-refractivity contribution is 5.91. The van der Waals surface area contributed by atoms with Crippen molar-refractivity contribution in [2.45, 2.75) is 90.9 Å². The number of esters is 1. The Hall–Kier alpha value is -3.40. The summed E-state index contributed by atoms with van der Waals surface area (Å²) in [4.78, 5) is 17.1. The predicted octanol–water partition coefficient (Wildman–Crippen LogP) is 10.1. The van der Waals surface area contributed by atoms with Crippen LogP contribution in [0.4, 0.5) is 5.69 Å². The minimum Gasteiger partial charge on any atom is -0.494 e. The predicted molar refractivity (Wildman–Crippen MR) is 163 cm³/mol. The Labute approximate surface area is 235 Å². The average molecular weight is 528 g/mol. The minimum absolute atomic E-state index is 0.386. The lowest BCUT2D eigenvalue weighted by Gasteiger charge is -2.08. The van der Waals surface area contributed by atoms with Crippen LogP contribution in [-0.2, 0) is 0 Å². The van der Waals surface area contributed by atoms with Crippen LogP contribution in [0.1, 0.15) is 112 Å². The molecule has 4 heteroatoms. The summed E-state index contributed by atoms with van der Waals surface area (Å²) in [5.74, 6) is 1.40. The summed E-state index contributed by atoms with van der Waals surface area (Å²) in [5, 5.41) is 0. The Balaban J connectivity index is 1.34. The highest BCUT2D eigenvalue weighted by Gasteiger charge is 2.09. The van der Waals surface area contributed by atoms with Crippen molar-refractivity contribution in [2.75, 3.05) is 6.61 Å². The van der Waals surface area contributed by atoms with E-state index in [4.69, 9.17) is 9.47 Å². The average Bonchev–Trinajstić information content (AvgIpc) is 2.96. The molecule has 0 amide bonds. The maximum absolute atomic E-state index is 12.6. The summed E-state index contributed by atoms with van der Waals surface area (Å²) in [5.41, 5.74) is 3.64. The largest absolute Gasteiger partial charge is 0.494 e. The number of aliphatic imine (C=N–C) groups is 1. The maximum atomic E-state index is 12.6. The van der Waals surface area contributed by atoms with Crippen molar-refractivity contribution in [3.8, 4) is 11.5 Å². The molecule has 3 aromatic rings. The number of nitrogens with zero attached hydrogens (tertiary/aromatic N) is 1. The molecular formula is C35H45NO3. The summed E-state index contributed by atoms with van der Waals surface area (Å²) in [7, 11) is 0. The Morgan fingerprint density at radius 1 is 0.718 bits per heavy atom. The molecule has 0 N–H and O–H groups in total. The molecule has 0 aliphatic carbocycles. The van der Waals surface area contributed by atoms with Crippen LogP contribution < -0.4 is 9.47 Å². The first-order chi connectivity index (χ1) is 19.0. The third-order valence-corrected chi connectivity index (χ3v) is 6.87. The number of benzene rings is 3. The molecule has 0 aliphatic rings. The van der Waals surface area contributed by atoms with Crippen molar-refractivity contribution in [3.63, 3.8) is 0 Å². The van der Waals surface area contributed by atoms with Gasteiger partial charge in [0.25, 0.3) is 0 Å². The quantitative estimate of drug-likeness (QED) is 0.0759. The second kappa shape index (κ2) is 17.2. The first kappa shape index (κ1) is 30.1. The van der Waals surface area contributed by atoms with Gasteiger partial charge in [-0.05, 0) is 84.1 Å². The van der Waals surface area contributed by atoms with Gasteiger partial charge in [-0.25, -0.2) is 4.79 Å².